The highest BCUT2D eigenvalue weighted by Crippen LogP contribution is 2.40. The molecule has 0 unspecified atom stereocenters. The van der Waals surface area contributed by atoms with Gasteiger partial charge in [0.15, 0.2) is 0 Å². The van der Waals surface area contributed by atoms with E-state index >= 15 is 0 Å². The highest BCUT2D eigenvalue weighted by molar-refractivity contribution is 5.90. The Bertz CT molecular complexity index is 1100. The maximum Gasteiger partial charge on any atom is 0.408 e. The van der Waals surface area contributed by atoms with Gasteiger partial charge in [-0.3, -0.25) is 14.6 Å². The lowest BCUT2D eigenvalue weighted by atomic mass is 9.84. The van der Waals surface area contributed by atoms with E-state index in [4.69, 9.17) is 10.5 Å². The minimum atomic E-state index is -1.41. The third kappa shape index (κ3) is 8.87. The summed E-state index contributed by atoms with van der Waals surface area (Å²) in [5.41, 5.74) is 6.95. The Balaban J connectivity index is 1.60. The molecule has 1 saturated heterocycles. The van der Waals surface area contributed by atoms with Gasteiger partial charge in [0, 0.05) is 18.7 Å². The molecule has 13 nitrogen and oxygen atoms in total. The molecule has 0 radical (unpaired) electrons. The van der Waals surface area contributed by atoms with Gasteiger partial charge in [-0.15, -0.1) is 0 Å². The number of aryl methyl sites for hydroxylation is 1. The highest BCUT2D eigenvalue weighted by atomic mass is 16.5. The van der Waals surface area contributed by atoms with Crippen LogP contribution in [0.25, 0.3) is 0 Å². The van der Waals surface area contributed by atoms with E-state index in [1.54, 1.807) is 12.3 Å². The predicted octanol–water partition coefficient (Wildman–Crippen LogP) is 1.71. The largest absolute Gasteiger partial charge is 0.480 e. The number of nitrogens with one attached hydrogen (secondary N) is 2. The van der Waals surface area contributed by atoms with Crippen molar-refractivity contribution in [2.24, 2.45) is 11.7 Å². The maximum absolute atomic E-state index is 13.2. The summed E-state index contributed by atoms with van der Waals surface area (Å²) in [6.07, 6.45) is 5.45. The number of aliphatic carboxylic acids is 2. The minimum absolute atomic E-state index is 0.106. The molecule has 1 aromatic rings. The van der Waals surface area contributed by atoms with Crippen LogP contribution >= 0.6 is 0 Å². The van der Waals surface area contributed by atoms with Gasteiger partial charge in [0.05, 0.1) is 5.69 Å². The average molecular weight is 576 g/mol. The van der Waals surface area contributed by atoms with Crippen LogP contribution in [0.1, 0.15) is 75.5 Å². The Kier molecular flexibility index (Phi) is 11.9. The van der Waals surface area contributed by atoms with Crippen LogP contribution < -0.4 is 16.4 Å². The number of alkyl carbamates (subject to hydrolysis) is 1. The molecule has 5 atom stereocenters. The van der Waals surface area contributed by atoms with Crippen LogP contribution in [0.15, 0.2) is 18.3 Å². The number of carboxylic acid groups (broad SMARTS) is 2. The molecule has 2 fully saturated rings. The van der Waals surface area contributed by atoms with Crippen LogP contribution in [-0.4, -0.2) is 80.7 Å². The van der Waals surface area contributed by atoms with E-state index in [2.05, 4.69) is 15.6 Å². The Labute approximate surface area is 239 Å². The second-order valence-corrected chi connectivity index (χ2v) is 10.8. The first-order valence-corrected chi connectivity index (χ1v) is 14.2. The topological polar surface area (TPSA) is 201 Å². The zero-order valence-corrected chi connectivity index (χ0v) is 23.4. The monoisotopic (exact) mass is 575 g/mol. The molecule has 1 aromatic heterocycles. The van der Waals surface area contributed by atoms with Crippen molar-refractivity contribution < 1.29 is 38.9 Å². The van der Waals surface area contributed by atoms with Crippen molar-refractivity contribution >= 4 is 29.8 Å². The van der Waals surface area contributed by atoms with Gasteiger partial charge in [-0.1, -0.05) is 18.9 Å². The van der Waals surface area contributed by atoms with E-state index in [0.717, 1.165) is 31.2 Å². The van der Waals surface area contributed by atoms with Gasteiger partial charge in [0.25, 0.3) is 0 Å². The minimum Gasteiger partial charge on any atom is -0.480 e. The number of amides is 3. The molecule has 1 aliphatic carbocycles. The first-order valence-electron chi connectivity index (χ1n) is 14.2. The summed E-state index contributed by atoms with van der Waals surface area (Å²) in [7, 11) is 0. The number of fused-ring (bicyclic) bond motifs is 1. The van der Waals surface area contributed by atoms with Gasteiger partial charge in [-0.2, -0.15) is 0 Å². The van der Waals surface area contributed by atoms with E-state index in [9.17, 15) is 34.2 Å². The number of aromatic nitrogens is 1. The highest BCUT2D eigenvalue weighted by Gasteiger charge is 2.47. The number of carbonyl (C=O) groups excluding carboxylic acids is 3. The fourth-order valence-electron chi connectivity index (χ4n) is 5.71. The normalized spacial score (nSPS) is 21.3. The van der Waals surface area contributed by atoms with E-state index in [-0.39, 0.29) is 37.8 Å². The summed E-state index contributed by atoms with van der Waals surface area (Å²) in [6.45, 7) is 2.10. The fourth-order valence-corrected chi connectivity index (χ4v) is 5.71. The molecule has 41 heavy (non-hydrogen) atoms. The van der Waals surface area contributed by atoms with Crippen LogP contribution in [-0.2, 0) is 30.5 Å². The van der Waals surface area contributed by atoms with Crippen LogP contribution in [0, 0.1) is 12.8 Å². The van der Waals surface area contributed by atoms with Crippen LogP contribution in [0.2, 0.25) is 0 Å². The van der Waals surface area contributed by atoms with Gasteiger partial charge in [-0.05, 0) is 76.0 Å². The average Bonchev–Trinajstić information content (AvgIpc) is 3.34. The van der Waals surface area contributed by atoms with Crippen molar-refractivity contribution in [2.75, 3.05) is 6.54 Å². The summed E-state index contributed by atoms with van der Waals surface area (Å²) in [5, 5.41) is 24.4. The quantitative estimate of drug-likeness (QED) is 0.203. The second-order valence-electron chi connectivity index (χ2n) is 10.8. The van der Waals surface area contributed by atoms with E-state index in [1.165, 1.54) is 4.90 Å². The number of nitrogens with two attached hydrogens (primary N) is 1. The third-order valence-corrected chi connectivity index (χ3v) is 7.94. The first kappa shape index (κ1) is 31.8. The Morgan fingerprint density at radius 2 is 1.85 bits per heavy atom. The number of rotatable bonds is 14. The number of carboxylic acids is 2. The van der Waals surface area contributed by atoms with Gasteiger partial charge in [-0.25, -0.2) is 14.4 Å². The summed E-state index contributed by atoms with van der Waals surface area (Å²) in [4.78, 5) is 68.2. The molecule has 2 aliphatic rings. The molecular weight excluding hydrogens is 534 g/mol. The lowest BCUT2D eigenvalue weighted by molar-refractivity contribution is -0.150. The molecule has 1 saturated carbocycles. The number of ether oxygens (including phenoxy) is 1. The van der Waals surface area contributed by atoms with E-state index in [1.807, 2.05) is 13.0 Å². The smallest absolute Gasteiger partial charge is 0.408 e. The van der Waals surface area contributed by atoms with Crippen molar-refractivity contribution in [2.45, 2.75) is 102 Å². The number of hydrogen-bond acceptors (Lipinski definition) is 8. The van der Waals surface area contributed by atoms with E-state index in [0.29, 0.717) is 31.5 Å². The summed E-state index contributed by atoms with van der Waals surface area (Å²) in [6, 6.07) is -0.00820. The van der Waals surface area contributed by atoms with Crippen LogP contribution in [0.3, 0.4) is 0 Å². The molecule has 3 amide bonds. The molecular formula is C28H41N5O8. The summed E-state index contributed by atoms with van der Waals surface area (Å²) >= 11 is 0. The molecule has 6 N–H and O–H groups in total. The molecule has 2 heterocycles. The Morgan fingerprint density at radius 1 is 1.10 bits per heavy atom. The van der Waals surface area contributed by atoms with Crippen molar-refractivity contribution in [3.05, 3.63) is 29.6 Å². The zero-order valence-electron chi connectivity index (χ0n) is 23.4. The molecule has 0 aromatic carbocycles. The molecule has 1 aliphatic heterocycles. The fraction of sp³-hybridized carbons (Fsp3) is 0.643. The summed E-state index contributed by atoms with van der Waals surface area (Å²) < 4.78 is 5.23. The predicted molar refractivity (Wildman–Crippen MR) is 146 cm³/mol. The number of hydrogen-bond donors (Lipinski definition) is 5. The number of unbranched alkanes of at least 4 members (excludes halogenated alkanes) is 1. The molecule has 226 valence electrons. The van der Waals surface area contributed by atoms with Gasteiger partial charge in [0.1, 0.15) is 24.7 Å². The SMILES string of the molecule is Cc1cccnc1COC(=O)N[C@@H](CCCCN)C(=O)N[C@H](CCC(=O)N1[C@H](C(=O)O)C[C@@H]2CCCC[C@@H]21)C(=O)O. The van der Waals surface area contributed by atoms with Gasteiger partial charge < -0.3 is 36.2 Å². The number of pyridine rings is 1. The lowest BCUT2D eigenvalue weighted by Gasteiger charge is -2.33. The summed E-state index contributed by atoms with van der Waals surface area (Å²) in [5.74, 6) is -3.44. The first-order chi connectivity index (χ1) is 19.6. The second kappa shape index (κ2) is 15.3. The van der Waals surface area contributed by atoms with Gasteiger partial charge >= 0.3 is 18.0 Å². The molecule has 13 heteroatoms. The zero-order chi connectivity index (χ0) is 29.9. The molecule has 0 spiro atoms. The lowest BCUT2D eigenvalue weighted by Crippen LogP contribution is -2.52. The van der Waals surface area contributed by atoms with Crippen molar-refractivity contribution in [3.63, 3.8) is 0 Å². The Hall–Kier alpha value is -3.74. The number of carbonyl (C=O) groups is 5. The van der Waals surface area contributed by atoms with Crippen LogP contribution in [0.5, 0.6) is 0 Å². The van der Waals surface area contributed by atoms with E-state index < -0.39 is 48.0 Å². The Morgan fingerprint density at radius 3 is 2.54 bits per heavy atom. The van der Waals surface area contributed by atoms with Crippen molar-refractivity contribution in [3.8, 4) is 0 Å². The number of nitrogens with zero attached hydrogens (tertiary/aromatic N) is 2. The van der Waals surface area contributed by atoms with Crippen molar-refractivity contribution in [1.29, 1.82) is 0 Å². The number of likely N-dealkylation sites (tertiary alicyclic amines) is 1. The van der Waals surface area contributed by atoms with Crippen LogP contribution in [0.4, 0.5) is 4.79 Å². The third-order valence-electron chi connectivity index (χ3n) is 7.94. The molecule has 3 rings (SSSR count). The standard InChI is InChI=1S/C28H41N5O8/c1-17-7-6-14-30-21(17)16-41-28(40)32-19(9-4-5-13-29)25(35)31-20(26(36)37)11-12-24(34)33-22-10-3-2-8-18(22)15-23(33)27(38)39/h6-7,14,18-20,22-23H,2-5,8-13,15-16,29H2,1H3,(H,31,35)(H,32,40)(H,36,37)(H,38,39)/t18-,19-,20+,22-,23-/m0/s1. The van der Waals surface area contributed by atoms with Gasteiger partial charge in [0.2, 0.25) is 11.8 Å². The van der Waals surface area contributed by atoms with Crippen molar-refractivity contribution in [1.82, 2.24) is 20.5 Å². The molecule has 0 bridgehead atoms. The maximum atomic E-state index is 13.2.